The third-order valence-corrected chi connectivity index (χ3v) is 4.24. The van der Waals surface area contributed by atoms with Crippen molar-refractivity contribution in [3.05, 3.63) is 30.1 Å². The highest BCUT2D eigenvalue weighted by molar-refractivity contribution is 5.91. The Labute approximate surface area is 131 Å². The molecule has 1 aromatic rings. The third kappa shape index (κ3) is 5.39. The number of anilines is 1. The largest absolute Gasteiger partial charge is 0.396 e. The van der Waals surface area contributed by atoms with Crippen LogP contribution in [0.1, 0.15) is 39.0 Å². The molecule has 2 rings (SSSR count). The quantitative estimate of drug-likeness (QED) is 0.757. The molecule has 4 nitrogen and oxygen atoms in total. The molecule has 1 aromatic carbocycles. The van der Waals surface area contributed by atoms with Crippen molar-refractivity contribution in [3.63, 3.8) is 0 Å². The molecule has 1 aliphatic rings. The summed E-state index contributed by atoms with van der Waals surface area (Å²) in [6, 6.07) is 6.30. The van der Waals surface area contributed by atoms with Crippen molar-refractivity contribution in [2.24, 2.45) is 5.92 Å². The predicted molar refractivity (Wildman–Crippen MR) is 85.1 cm³/mol. The van der Waals surface area contributed by atoms with E-state index in [0.29, 0.717) is 24.1 Å². The van der Waals surface area contributed by atoms with Gasteiger partial charge in [-0.1, -0.05) is 0 Å². The first kappa shape index (κ1) is 16.9. The average molecular weight is 308 g/mol. The maximum atomic E-state index is 12.8. The van der Waals surface area contributed by atoms with Crippen LogP contribution in [0.4, 0.5) is 10.1 Å². The second-order valence-corrected chi connectivity index (χ2v) is 6.23. The highest BCUT2D eigenvalue weighted by atomic mass is 19.1. The predicted octanol–water partition coefficient (Wildman–Crippen LogP) is 2.68. The molecular weight excluding hydrogens is 283 g/mol. The zero-order chi connectivity index (χ0) is 15.9. The number of carbonyl (C=O) groups is 1. The number of rotatable bonds is 6. The summed E-state index contributed by atoms with van der Waals surface area (Å²) < 4.78 is 12.8. The van der Waals surface area contributed by atoms with E-state index in [9.17, 15) is 9.18 Å². The molecule has 122 valence electrons. The lowest BCUT2D eigenvalue weighted by Gasteiger charge is -2.30. The molecule has 0 aliphatic heterocycles. The number of benzene rings is 1. The van der Waals surface area contributed by atoms with Crippen molar-refractivity contribution in [1.82, 2.24) is 5.32 Å². The van der Waals surface area contributed by atoms with E-state index in [1.807, 2.05) is 6.92 Å². The van der Waals surface area contributed by atoms with Gasteiger partial charge in [0.2, 0.25) is 5.91 Å². The van der Waals surface area contributed by atoms with Gasteiger partial charge in [-0.15, -0.1) is 0 Å². The van der Waals surface area contributed by atoms with Crippen molar-refractivity contribution in [3.8, 4) is 0 Å². The van der Waals surface area contributed by atoms with E-state index in [0.717, 1.165) is 25.7 Å². The molecule has 1 amide bonds. The van der Waals surface area contributed by atoms with Crippen LogP contribution in [0.25, 0.3) is 0 Å². The minimum atomic E-state index is -0.313. The second-order valence-electron chi connectivity index (χ2n) is 6.23. The molecule has 1 unspecified atom stereocenters. The average Bonchev–Trinajstić information content (AvgIpc) is 2.50. The summed E-state index contributed by atoms with van der Waals surface area (Å²) in [5.41, 5.74) is 0.613. The molecule has 1 atom stereocenters. The lowest BCUT2D eigenvalue weighted by molar-refractivity contribution is -0.116. The fraction of sp³-hybridized carbons (Fsp3) is 0.588. The van der Waals surface area contributed by atoms with E-state index in [4.69, 9.17) is 5.11 Å². The van der Waals surface area contributed by atoms with E-state index in [1.165, 1.54) is 12.1 Å². The Morgan fingerprint density at radius 2 is 1.91 bits per heavy atom. The zero-order valence-electron chi connectivity index (χ0n) is 13.0. The van der Waals surface area contributed by atoms with Crippen LogP contribution in [0.2, 0.25) is 0 Å². The number of aliphatic hydroxyl groups is 1. The van der Waals surface area contributed by atoms with Crippen molar-refractivity contribution >= 4 is 11.6 Å². The molecule has 0 saturated heterocycles. The molecule has 0 bridgehead atoms. The van der Waals surface area contributed by atoms with Gasteiger partial charge in [-0.2, -0.15) is 0 Å². The van der Waals surface area contributed by atoms with Crippen LogP contribution in [0.3, 0.4) is 0 Å². The van der Waals surface area contributed by atoms with Crippen LogP contribution in [-0.4, -0.2) is 29.7 Å². The molecule has 1 fully saturated rings. The van der Waals surface area contributed by atoms with Gasteiger partial charge in [0, 0.05) is 30.8 Å². The molecule has 0 spiro atoms. The van der Waals surface area contributed by atoms with Crippen LogP contribution in [0, 0.1) is 11.7 Å². The molecule has 0 aromatic heterocycles. The first-order valence-electron chi connectivity index (χ1n) is 7.99. The summed E-state index contributed by atoms with van der Waals surface area (Å²) in [4.78, 5) is 12.0. The Hall–Kier alpha value is -1.46. The van der Waals surface area contributed by atoms with Crippen molar-refractivity contribution in [1.29, 1.82) is 0 Å². The third-order valence-electron chi connectivity index (χ3n) is 4.24. The smallest absolute Gasteiger partial charge is 0.225 e. The summed E-state index contributed by atoms with van der Waals surface area (Å²) in [5, 5.41) is 15.4. The first-order chi connectivity index (χ1) is 10.6. The molecule has 0 radical (unpaired) electrons. The number of aliphatic hydroxyl groups excluding tert-OH is 1. The van der Waals surface area contributed by atoms with Gasteiger partial charge in [-0.05, 0) is 62.8 Å². The molecule has 22 heavy (non-hydrogen) atoms. The van der Waals surface area contributed by atoms with Gasteiger partial charge >= 0.3 is 0 Å². The number of halogens is 1. The summed E-state index contributed by atoms with van der Waals surface area (Å²) in [6.45, 7) is 2.28. The Bertz CT molecular complexity index is 470. The molecular formula is C17H25FN2O2. The number of hydrogen-bond acceptors (Lipinski definition) is 3. The van der Waals surface area contributed by atoms with Crippen LogP contribution in [0.5, 0.6) is 0 Å². The maximum absolute atomic E-state index is 12.8. The number of amides is 1. The van der Waals surface area contributed by atoms with Gasteiger partial charge in [0.25, 0.3) is 0 Å². The SMILES string of the molecule is CC(CC(=O)Nc1ccc(F)cc1)NC1CCC(CO)CC1. The topological polar surface area (TPSA) is 61.4 Å². The monoisotopic (exact) mass is 308 g/mol. The fourth-order valence-corrected chi connectivity index (χ4v) is 3.00. The molecule has 0 heterocycles. The minimum Gasteiger partial charge on any atom is -0.396 e. The Morgan fingerprint density at radius 3 is 2.50 bits per heavy atom. The summed E-state index contributed by atoms with van der Waals surface area (Å²) in [5.74, 6) is 0.0531. The Morgan fingerprint density at radius 1 is 1.27 bits per heavy atom. The molecule has 1 aliphatic carbocycles. The van der Waals surface area contributed by atoms with Crippen LogP contribution in [0.15, 0.2) is 24.3 Å². The van der Waals surface area contributed by atoms with Gasteiger partial charge in [-0.25, -0.2) is 4.39 Å². The van der Waals surface area contributed by atoms with E-state index in [2.05, 4.69) is 10.6 Å². The zero-order valence-corrected chi connectivity index (χ0v) is 13.0. The van der Waals surface area contributed by atoms with Gasteiger partial charge in [0.1, 0.15) is 5.82 Å². The highest BCUT2D eigenvalue weighted by Crippen LogP contribution is 2.24. The van der Waals surface area contributed by atoms with E-state index < -0.39 is 0 Å². The van der Waals surface area contributed by atoms with Gasteiger partial charge in [-0.3, -0.25) is 4.79 Å². The van der Waals surface area contributed by atoms with Crippen molar-refractivity contribution in [2.45, 2.75) is 51.1 Å². The van der Waals surface area contributed by atoms with Crippen molar-refractivity contribution in [2.75, 3.05) is 11.9 Å². The van der Waals surface area contributed by atoms with E-state index in [-0.39, 0.29) is 24.4 Å². The van der Waals surface area contributed by atoms with E-state index in [1.54, 1.807) is 12.1 Å². The van der Waals surface area contributed by atoms with Gasteiger partial charge in [0.15, 0.2) is 0 Å². The lowest BCUT2D eigenvalue weighted by atomic mass is 9.86. The number of carbonyl (C=O) groups excluding carboxylic acids is 1. The van der Waals surface area contributed by atoms with Gasteiger partial charge < -0.3 is 15.7 Å². The summed E-state index contributed by atoms with van der Waals surface area (Å²) >= 11 is 0. The fourth-order valence-electron chi connectivity index (χ4n) is 3.00. The molecule has 1 saturated carbocycles. The standard InChI is InChI=1S/C17H25FN2O2/c1-12(19-15-6-2-13(11-21)3-7-15)10-17(22)20-16-8-4-14(18)5-9-16/h4-5,8-9,12-13,15,19,21H,2-3,6-7,10-11H2,1H3,(H,20,22). The first-order valence-corrected chi connectivity index (χ1v) is 7.99. The highest BCUT2D eigenvalue weighted by Gasteiger charge is 2.22. The maximum Gasteiger partial charge on any atom is 0.225 e. The second kappa shape index (κ2) is 8.25. The van der Waals surface area contributed by atoms with E-state index >= 15 is 0 Å². The van der Waals surface area contributed by atoms with Crippen LogP contribution >= 0.6 is 0 Å². The molecule has 5 heteroatoms. The minimum absolute atomic E-state index is 0.0735. The number of nitrogens with one attached hydrogen (secondary N) is 2. The van der Waals surface area contributed by atoms with Crippen LogP contribution < -0.4 is 10.6 Å². The molecule has 3 N–H and O–H groups in total. The number of hydrogen-bond donors (Lipinski definition) is 3. The lowest BCUT2D eigenvalue weighted by Crippen LogP contribution is -2.41. The normalized spacial score (nSPS) is 23.0. The summed E-state index contributed by atoms with van der Waals surface area (Å²) in [6.07, 6.45) is 4.58. The van der Waals surface area contributed by atoms with Crippen LogP contribution in [-0.2, 0) is 4.79 Å². The van der Waals surface area contributed by atoms with Gasteiger partial charge in [0.05, 0.1) is 0 Å². The summed E-state index contributed by atoms with van der Waals surface area (Å²) in [7, 11) is 0. The Kier molecular flexibility index (Phi) is 6.34. The van der Waals surface area contributed by atoms with Crippen molar-refractivity contribution < 1.29 is 14.3 Å². The Balaban J connectivity index is 1.71.